The Morgan fingerprint density at radius 3 is 2.10 bits per heavy atom. The SMILES string of the molecule is Cc1ccc(C(=O)N2CCN(C(=O)CC(C)c3ccc(C(F)(F)F)cc3)CC2)s1. The molecule has 0 spiro atoms. The first-order chi connectivity index (χ1) is 13.6. The molecule has 1 atom stereocenters. The Morgan fingerprint density at radius 1 is 1.00 bits per heavy atom. The molecule has 2 heterocycles. The molecular weight excluding hydrogens is 401 g/mol. The minimum atomic E-state index is -4.36. The number of halogens is 3. The number of rotatable bonds is 4. The number of hydrogen-bond donors (Lipinski definition) is 0. The maximum absolute atomic E-state index is 12.7. The highest BCUT2D eigenvalue weighted by Crippen LogP contribution is 2.31. The number of carbonyl (C=O) groups excluding carboxylic acids is 2. The second-order valence-corrected chi connectivity index (χ2v) is 8.60. The number of carbonyl (C=O) groups is 2. The van der Waals surface area contributed by atoms with E-state index in [0.29, 0.717) is 36.6 Å². The summed E-state index contributed by atoms with van der Waals surface area (Å²) in [7, 11) is 0. The lowest BCUT2D eigenvalue weighted by atomic mass is 9.96. The average molecular weight is 424 g/mol. The van der Waals surface area contributed by atoms with Crippen LogP contribution in [0.4, 0.5) is 13.2 Å². The largest absolute Gasteiger partial charge is 0.416 e. The maximum atomic E-state index is 12.7. The highest BCUT2D eigenvalue weighted by molar-refractivity contribution is 7.13. The van der Waals surface area contributed by atoms with Crippen molar-refractivity contribution in [2.75, 3.05) is 26.2 Å². The first kappa shape index (κ1) is 21.4. The van der Waals surface area contributed by atoms with Crippen LogP contribution in [0.3, 0.4) is 0 Å². The van der Waals surface area contributed by atoms with Crippen molar-refractivity contribution in [3.8, 4) is 0 Å². The van der Waals surface area contributed by atoms with Gasteiger partial charge in [-0.1, -0.05) is 19.1 Å². The van der Waals surface area contributed by atoms with Crippen molar-refractivity contribution in [3.05, 3.63) is 57.3 Å². The molecule has 2 amide bonds. The van der Waals surface area contributed by atoms with Gasteiger partial charge in [0.2, 0.25) is 5.91 Å². The zero-order valence-electron chi connectivity index (χ0n) is 16.3. The van der Waals surface area contributed by atoms with E-state index in [1.165, 1.54) is 23.5 Å². The van der Waals surface area contributed by atoms with Gasteiger partial charge in [0.25, 0.3) is 5.91 Å². The van der Waals surface area contributed by atoms with Crippen LogP contribution in [0.2, 0.25) is 0 Å². The fourth-order valence-corrected chi connectivity index (χ4v) is 4.21. The Morgan fingerprint density at radius 2 is 1.59 bits per heavy atom. The van der Waals surface area contributed by atoms with Gasteiger partial charge in [-0.2, -0.15) is 13.2 Å². The molecule has 8 heteroatoms. The molecule has 0 aliphatic carbocycles. The van der Waals surface area contributed by atoms with Gasteiger partial charge in [0.1, 0.15) is 0 Å². The van der Waals surface area contributed by atoms with E-state index in [1.807, 2.05) is 26.0 Å². The van der Waals surface area contributed by atoms with Crippen molar-refractivity contribution in [2.24, 2.45) is 0 Å². The van der Waals surface area contributed by atoms with Gasteiger partial charge in [0.15, 0.2) is 0 Å². The number of amides is 2. The van der Waals surface area contributed by atoms with Gasteiger partial charge in [-0.05, 0) is 42.7 Å². The predicted molar refractivity (Wildman–Crippen MR) is 106 cm³/mol. The summed E-state index contributed by atoms with van der Waals surface area (Å²) in [4.78, 5) is 30.4. The summed E-state index contributed by atoms with van der Waals surface area (Å²) >= 11 is 1.46. The first-order valence-electron chi connectivity index (χ1n) is 9.46. The second kappa shape index (κ2) is 8.57. The molecule has 1 aliphatic rings. The van der Waals surface area contributed by atoms with Crippen LogP contribution >= 0.6 is 11.3 Å². The van der Waals surface area contributed by atoms with E-state index < -0.39 is 11.7 Å². The van der Waals surface area contributed by atoms with Gasteiger partial charge in [-0.15, -0.1) is 11.3 Å². The highest BCUT2D eigenvalue weighted by atomic mass is 32.1. The average Bonchev–Trinajstić information content (AvgIpc) is 3.13. The maximum Gasteiger partial charge on any atom is 0.416 e. The van der Waals surface area contributed by atoms with Crippen molar-refractivity contribution < 1.29 is 22.8 Å². The van der Waals surface area contributed by atoms with Gasteiger partial charge in [-0.25, -0.2) is 0 Å². The molecule has 1 aromatic carbocycles. The lowest BCUT2D eigenvalue weighted by Crippen LogP contribution is -2.50. The Kier molecular flexibility index (Phi) is 6.31. The smallest absolute Gasteiger partial charge is 0.339 e. The van der Waals surface area contributed by atoms with Gasteiger partial charge in [0.05, 0.1) is 10.4 Å². The molecule has 0 N–H and O–H groups in total. The van der Waals surface area contributed by atoms with Crippen LogP contribution in [0.25, 0.3) is 0 Å². The molecule has 29 heavy (non-hydrogen) atoms. The topological polar surface area (TPSA) is 40.6 Å². The minimum absolute atomic E-state index is 0.00618. The number of benzene rings is 1. The molecule has 1 unspecified atom stereocenters. The fraction of sp³-hybridized carbons (Fsp3) is 0.429. The van der Waals surface area contributed by atoms with Crippen LogP contribution in [-0.4, -0.2) is 47.8 Å². The molecule has 3 rings (SSSR count). The van der Waals surface area contributed by atoms with Gasteiger partial charge < -0.3 is 9.80 Å². The first-order valence-corrected chi connectivity index (χ1v) is 10.3. The van der Waals surface area contributed by atoms with Gasteiger partial charge >= 0.3 is 6.18 Å². The molecule has 156 valence electrons. The number of aryl methyl sites for hydroxylation is 1. The van der Waals surface area contributed by atoms with E-state index >= 15 is 0 Å². The van der Waals surface area contributed by atoms with Crippen LogP contribution in [0.5, 0.6) is 0 Å². The van der Waals surface area contributed by atoms with E-state index in [2.05, 4.69) is 0 Å². The summed E-state index contributed by atoms with van der Waals surface area (Å²) in [6.45, 7) is 5.69. The summed E-state index contributed by atoms with van der Waals surface area (Å²) in [5.74, 6) is -0.233. The zero-order chi connectivity index (χ0) is 21.2. The fourth-order valence-electron chi connectivity index (χ4n) is 3.37. The van der Waals surface area contributed by atoms with E-state index in [1.54, 1.807) is 9.80 Å². The third kappa shape index (κ3) is 5.18. The number of piperazine rings is 1. The molecule has 1 aliphatic heterocycles. The van der Waals surface area contributed by atoms with Gasteiger partial charge in [-0.3, -0.25) is 9.59 Å². The summed E-state index contributed by atoms with van der Waals surface area (Å²) < 4.78 is 38.1. The minimum Gasteiger partial charge on any atom is -0.339 e. The third-order valence-electron chi connectivity index (χ3n) is 5.16. The zero-order valence-corrected chi connectivity index (χ0v) is 17.1. The normalized spacial score (nSPS) is 16.0. The lowest BCUT2D eigenvalue weighted by Gasteiger charge is -2.35. The number of nitrogens with zero attached hydrogens (tertiary/aromatic N) is 2. The number of thiophene rings is 1. The second-order valence-electron chi connectivity index (χ2n) is 7.31. The number of hydrogen-bond acceptors (Lipinski definition) is 3. The highest BCUT2D eigenvalue weighted by Gasteiger charge is 2.30. The molecule has 0 saturated carbocycles. The molecule has 1 fully saturated rings. The van der Waals surface area contributed by atoms with Crippen molar-refractivity contribution >= 4 is 23.2 Å². The monoisotopic (exact) mass is 424 g/mol. The molecule has 4 nitrogen and oxygen atoms in total. The van der Waals surface area contributed by atoms with Crippen molar-refractivity contribution in [1.29, 1.82) is 0 Å². The molecule has 1 aromatic heterocycles. The summed E-state index contributed by atoms with van der Waals surface area (Å²) in [6, 6.07) is 8.70. The quantitative estimate of drug-likeness (QED) is 0.722. The molecule has 1 saturated heterocycles. The molecule has 0 bridgehead atoms. The molecule has 2 aromatic rings. The Balaban J connectivity index is 1.52. The van der Waals surface area contributed by atoms with Crippen LogP contribution in [0, 0.1) is 6.92 Å². The van der Waals surface area contributed by atoms with E-state index in [0.717, 1.165) is 17.0 Å². The predicted octanol–water partition coefficient (Wildman–Crippen LogP) is 4.55. The van der Waals surface area contributed by atoms with Crippen LogP contribution in [0.1, 0.15) is 44.9 Å². The summed E-state index contributed by atoms with van der Waals surface area (Å²) in [6.07, 6.45) is -4.14. The van der Waals surface area contributed by atoms with Crippen molar-refractivity contribution in [3.63, 3.8) is 0 Å². The Labute approximate surface area is 171 Å². The summed E-state index contributed by atoms with van der Waals surface area (Å²) in [5, 5.41) is 0. The number of alkyl halides is 3. The van der Waals surface area contributed by atoms with Crippen LogP contribution in [-0.2, 0) is 11.0 Å². The van der Waals surface area contributed by atoms with Crippen molar-refractivity contribution in [2.45, 2.75) is 32.4 Å². The van der Waals surface area contributed by atoms with Crippen molar-refractivity contribution in [1.82, 2.24) is 9.80 Å². The van der Waals surface area contributed by atoms with Gasteiger partial charge in [0, 0.05) is 37.5 Å². The Bertz CT molecular complexity index is 869. The standard InChI is InChI=1S/C21H23F3N2O2S/c1-14(16-4-6-17(7-5-16)21(22,23)24)13-19(27)25-9-11-26(12-10-25)20(28)18-8-3-15(2)29-18/h3-8,14H,9-13H2,1-2H3. The van der Waals surface area contributed by atoms with E-state index in [4.69, 9.17) is 0 Å². The third-order valence-corrected chi connectivity index (χ3v) is 6.15. The molecule has 0 radical (unpaired) electrons. The van der Waals surface area contributed by atoms with Crippen LogP contribution < -0.4 is 0 Å². The summed E-state index contributed by atoms with van der Waals surface area (Å²) in [5.41, 5.74) is 0.00901. The van der Waals surface area contributed by atoms with E-state index in [-0.39, 0.29) is 24.2 Å². The van der Waals surface area contributed by atoms with Crippen LogP contribution in [0.15, 0.2) is 36.4 Å². The Hall–Kier alpha value is -2.35. The molecular formula is C21H23F3N2O2S. The van der Waals surface area contributed by atoms with E-state index in [9.17, 15) is 22.8 Å². The lowest BCUT2D eigenvalue weighted by molar-refractivity contribution is -0.137.